The fraction of sp³-hybridized carbons (Fsp3) is 1.00. The summed E-state index contributed by atoms with van der Waals surface area (Å²) in [7, 11) is 0. The molecular weight excluding hydrogens is 184 g/mol. The first-order valence-corrected chi connectivity index (χ1v) is 6.79. The number of likely N-dealkylation sites (tertiary alicyclic amines) is 1. The van der Waals surface area contributed by atoms with Crippen LogP contribution in [0.4, 0.5) is 0 Å². The van der Waals surface area contributed by atoms with Crippen molar-refractivity contribution in [2.24, 2.45) is 0 Å². The predicted octanol–water partition coefficient (Wildman–Crippen LogP) is 2.64. The van der Waals surface area contributed by atoms with Gasteiger partial charge in [-0.05, 0) is 58.8 Å². The summed E-state index contributed by atoms with van der Waals surface area (Å²) in [5.74, 6) is 0. The molecule has 0 radical (unpaired) electrons. The zero-order valence-corrected chi connectivity index (χ0v) is 10.6. The topological polar surface area (TPSA) is 15.3 Å². The number of nitrogens with zero attached hydrogens (tertiary/aromatic N) is 1. The summed E-state index contributed by atoms with van der Waals surface area (Å²) in [5.41, 5.74) is 0. The van der Waals surface area contributed by atoms with Crippen LogP contribution in [0.3, 0.4) is 0 Å². The van der Waals surface area contributed by atoms with Crippen LogP contribution in [-0.4, -0.2) is 37.1 Å². The summed E-state index contributed by atoms with van der Waals surface area (Å²) >= 11 is 0. The van der Waals surface area contributed by atoms with Crippen molar-refractivity contribution in [3.05, 3.63) is 0 Å². The average molecular weight is 212 g/mol. The number of nitrogens with one attached hydrogen (secondary N) is 1. The molecular formula is C13H28N2. The lowest BCUT2D eigenvalue weighted by atomic mass is 10.2. The smallest absolute Gasteiger partial charge is 0.00790 e. The van der Waals surface area contributed by atoms with E-state index < -0.39 is 0 Å². The molecule has 15 heavy (non-hydrogen) atoms. The van der Waals surface area contributed by atoms with E-state index in [0.29, 0.717) is 0 Å². The number of rotatable bonds is 6. The second-order valence-electron chi connectivity index (χ2n) is 4.84. The SMILES string of the molecule is CCCNCCC(C)N1CCCCCC1. The van der Waals surface area contributed by atoms with Crippen LogP contribution in [0.5, 0.6) is 0 Å². The first kappa shape index (κ1) is 13.0. The third-order valence-corrected chi connectivity index (χ3v) is 3.43. The molecule has 2 nitrogen and oxygen atoms in total. The van der Waals surface area contributed by atoms with Crippen LogP contribution in [0.25, 0.3) is 0 Å². The Morgan fingerprint density at radius 1 is 1.07 bits per heavy atom. The molecule has 0 aliphatic carbocycles. The number of hydrogen-bond acceptors (Lipinski definition) is 2. The molecule has 1 rings (SSSR count). The quantitative estimate of drug-likeness (QED) is 0.681. The van der Waals surface area contributed by atoms with Crippen molar-refractivity contribution in [3.63, 3.8) is 0 Å². The molecule has 0 aromatic rings. The Balaban J connectivity index is 2.11. The summed E-state index contributed by atoms with van der Waals surface area (Å²) in [4.78, 5) is 2.68. The highest BCUT2D eigenvalue weighted by molar-refractivity contribution is 4.71. The maximum absolute atomic E-state index is 3.49. The molecule has 2 heteroatoms. The molecule has 1 fully saturated rings. The van der Waals surface area contributed by atoms with Crippen LogP contribution in [0.15, 0.2) is 0 Å². The Bertz CT molecular complexity index is 139. The van der Waals surface area contributed by atoms with Crippen LogP contribution in [0, 0.1) is 0 Å². The van der Waals surface area contributed by atoms with E-state index in [2.05, 4.69) is 24.1 Å². The minimum atomic E-state index is 0.771. The van der Waals surface area contributed by atoms with Crippen molar-refractivity contribution >= 4 is 0 Å². The van der Waals surface area contributed by atoms with Crippen LogP contribution in [0.1, 0.15) is 52.4 Å². The molecule has 0 amide bonds. The summed E-state index contributed by atoms with van der Waals surface area (Å²) in [6.45, 7) is 9.63. The van der Waals surface area contributed by atoms with Gasteiger partial charge in [0.1, 0.15) is 0 Å². The van der Waals surface area contributed by atoms with Crippen molar-refractivity contribution in [2.75, 3.05) is 26.2 Å². The van der Waals surface area contributed by atoms with E-state index >= 15 is 0 Å². The molecule has 1 unspecified atom stereocenters. The lowest BCUT2D eigenvalue weighted by molar-refractivity contribution is 0.206. The molecule has 0 aromatic carbocycles. The average Bonchev–Trinajstić information content (AvgIpc) is 2.52. The normalized spacial score (nSPS) is 21.2. The van der Waals surface area contributed by atoms with Crippen LogP contribution in [-0.2, 0) is 0 Å². The first-order chi connectivity index (χ1) is 7.34. The van der Waals surface area contributed by atoms with Crippen molar-refractivity contribution in [1.82, 2.24) is 10.2 Å². The molecule has 1 heterocycles. The molecule has 0 bridgehead atoms. The monoisotopic (exact) mass is 212 g/mol. The zero-order valence-electron chi connectivity index (χ0n) is 10.6. The minimum Gasteiger partial charge on any atom is -0.317 e. The molecule has 1 aliphatic heterocycles. The van der Waals surface area contributed by atoms with Gasteiger partial charge in [-0.1, -0.05) is 19.8 Å². The van der Waals surface area contributed by atoms with Crippen LogP contribution >= 0.6 is 0 Å². The third kappa shape index (κ3) is 5.53. The molecule has 0 saturated carbocycles. The molecule has 1 atom stereocenters. The Labute approximate surface area is 95.4 Å². The van der Waals surface area contributed by atoms with Gasteiger partial charge in [0.25, 0.3) is 0 Å². The zero-order chi connectivity index (χ0) is 10.9. The van der Waals surface area contributed by atoms with Gasteiger partial charge < -0.3 is 10.2 Å². The van der Waals surface area contributed by atoms with E-state index in [-0.39, 0.29) is 0 Å². The molecule has 0 aromatic heterocycles. The Kier molecular flexibility index (Phi) is 7.03. The van der Waals surface area contributed by atoms with Gasteiger partial charge in [-0.3, -0.25) is 0 Å². The third-order valence-electron chi connectivity index (χ3n) is 3.43. The fourth-order valence-corrected chi connectivity index (χ4v) is 2.33. The van der Waals surface area contributed by atoms with Gasteiger partial charge in [-0.25, -0.2) is 0 Å². The maximum Gasteiger partial charge on any atom is 0.00790 e. The fourth-order valence-electron chi connectivity index (χ4n) is 2.33. The highest BCUT2D eigenvalue weighted by Crippen LogP contribution is 2.13. The van der Waals surface area contributed by atoms with Gasteiger partial charge in [-0.15, -0.1) is 0 Å². The Morgan fingerprint density at radius 2 is 1.73 bits per heavy atom. The van der Waals surface area contributed by atoms with Crippen LogP contribution in [0.2, 0.25) is 0 Å². The van der Waals surface area contributed by atoms with E-state index in [1.807, 2.05) is 0 Å². The molecule has 0 spiro atoms. The van der Waals surface area contributed by atoms with Gasteiger partial charge in [0.15, 0.2) is 0 Å². The summed E-state index contributed by atoms with van der Waals surface area (Å²) < 4.78 is 0. The van der Waals surface area contributed by atoms with E-state index in [9.17, 15) is 0 Å². The van der Waals surface area contributed by atoms with Gasteiger partial charge in [-0.2, -0.15) is 0 Å². The lowest BCUT2D eigenvalue weighted by Crippen LogP contribution is -2.36. The maximum atomic E-state index is 3.49. The minimum absolute atomic E-state index is 0.771. The Morgan fingerprint density at radius 3 is 2.33 bits per heavy atom. The Hall–Kier alpha value is -0.0800. The van der Waals surface area contributed by atoms with Crippen molar-refractivity contribution in [3.8, 4) is 0 Å². The van der Waals surface area contributed by atoms with Crippen molar-refractivity contribution in [2.45, 2.75) is 58.4 Å². The second kappa shape index (κ2) is 8.12. The van der Waals surface area contributed by atoms with Crippen molar-refractivity contribution < 1.29 is 0 Å². The molecule has 1 N–H and O–H groups in total. The standard InChI is InChI=1S/C13H28N2/c1-3-9-14-10-8-13(2)15-11-6-4-5-7-12-15/h13-14H,3-12H2,1-2H3. The van der Waals surface area contributed by atoms with Gasteiger partial charge >= 0.3 is 0 Å². The largest absolute Gasteiger partial charge is 0.317 e. The molecule has 90 valence electrons. The van der Waals surface area contributed by atoms with E-state index in [1.54, 1.807) is 0 Å². The second-order valence-corrected chi connectivity index (χ2v) is 4.84. The van der Waals surface area contributed by atoms with Gasteiger partial charge in [0, 0.05) is 6.04 Å². The van der Waals surface area contributed by atoms with Crippen molar-refractivity contribution in [1.29, 1.82) is 0 Å². The highest BCUT2D eigenvalue weighted by atomic mass is 15.1. The summed E-state index contributed by atoms with van der Waals surface area (Å²) in [5, 5.41) is 3.49. The highest BCUT2D eigenvalue weighted by Gasteiger charge is 2.14. The lowest BCUT2D eigenvalue weighted by Gasteiger charge is -2.27. The molecule has 1 aliphatic rings. The number of hydrogen-bond donors (Lipinski definition) is 1. The van der Waals surface area contributed by atoms with E-state index in [0.717, 1.165) is 6.04 Å². The summed E-state index contributed by atoms with van der Waals surface area (Å²) in [6, 6.07) is 0.771. The van der Waals surface area contributed by atoms with E-state index in [4.69, 9.17) is 0 Å². The predicted molar refractivity (Wildman–Crippen MR) is 67.3 cm³/mol. The first-order valence-electron chi connectivity index (χ1n) is 6.79. The molecule has 1 saturated heterocycles. The summed E-state index contributed by atoms with van der Waals surface area (Å²) in [6.07, 6.45) is 8.26. The van der Waals surface area contributed by atoms with Gasteiger partial charge in [0.2, 0.25) is 0 Å². The van der Waals surface area contributed by atoms with Crippen LogP contribution < -0.4 is 5.32 Å². The van der Waals surface area contributed by atoms with Gasteiger partial charge in [0.05, 0.1) is 0 Å². The van der Waals surface area contributed by atoms with E-state index in [1.165, 1.54) is 64.7 Å².